The zero-order valence-electron chi connectivity index (χ0n) is 16.0. The van der Waals surface area contributed by atoms with Gasteiger partial charge in [-0.3, -0.25) is 0 Å². The molecular weight excluding hydrogens is 330 g/mol. The van der Waals surface area contributed by atoms with E-state index in [0.717, 1.165) is 36.0 Å². The predicted molar refractivity (Wildman–Crippen MR) is 101 cm³/mol. The van der Waals surface area contributed by atoms with Crippen LogP contribution < -0.4 is 24.3 Å². The van der Waals surface area contributed by atoms with Crippen LogP contribution in [0.25, 0.3) is 0 Å². The summed E-state index contributed by atoms with van der Waals surface area (Å²) >= 11 is 0. The summed E-state index contributed by atoms with van der Waals surface area (Å²) in [5.74, 6) is 3.14. The molecular formula is C21H28NO4+. The molecule has 2 N–H and O–H groups in total. The van der Waals surface area contributed by atoms with Crippen molar-refractivity contribution in [3.63, 3.8) is 0 Å². The predicted octanol–water partition coefficient (Wildman–Crippen LogP) is 2.71. The average Bonchev–Trinajstić information content (AvgIpc) is 2.68. The molecule has 3 rings (SSSR count). The molecule has 26 heavy (non-hydrogen) atoms. The highest BCUT2D eigenvalue weighted by Gasteiger charge is 2.28. The minimum absolute atomic E-state index is 0.202. The largest absolute Gasteiger partial charge is 0.493 e. The van der Waals surface area contributed by atoms with Gasteiger partial charge in [0, 0.05) is 17.5 Å². The third-order valence-corrected chi connectivity index (χ3v) is 4.72. The number of quaternary nitrogens is 1. The van der Waals surface area contributed by atoms with Gasteiger partial charge in [-0.1, -0.05) is 0 Å². The smallest absolute Gasteiger partial charge is 0.161 e. The SMILES string of the molecule is CCOc1ccc([C@H]2[NH2+]CCc3cc(OC)c(OC)cc32)cc1OCC. The molecule has 1 aliphatic rings. The summed E-state index contributed by atoms with van der Waals surface area (Å²) in [4.78, 5) is 0. The summed E-state index contributed by atoms with van der Waals surface area (Å²) in [5, 5.41) is 2.36. The maximum absolute atomic E-state index is 5.81. The van der Waals surface area contributed by atoms with E-state index in [2.05, 4.69) is 29.6 Å². The third kappa shape index (κ3) is 3.58. The molecule has 0 fully saturated rings. The van der Waals surface area contributed by atoms with Gasteiger partial charge in [0.05, 0.1) is 34.0 Å². The molecule has 5 nitrogen and oxygen atoms in total. The number of nitrogens with two attached hydrogens (primary N) is 1. The van der Waals surface area contributed by atoms with Crippen molar-refractivity contribution in [2.45, 2.75) is 26.3 Å². The van der Waals surface area contributed by atoms with Crippen LogP contribution in [0.5, 0.6) is 23.0 Å². The Kier molecular flexibility index (Phi) is 5.89. The Morgan fingerprint density at radius 1 is 0.885 bits per heavy atom. The fourth-order valence-electron chi connectivity index (χ4n) is 3.55. The summed E-state index contributed by atoms with van der Waals surface area (Å²) in [6.07, 6.45) is 1.02. The molecule has 0 aromatic heterocycles. The van der Waals surface area contributed by atoms with Crippen molar-refractivity contribution in [3.05, 3.63) is 47.0 Å². The Morgan fingerprint density at radius 3 is 2.27 bits per heavy atom. The van der Waals surface area contributed by atoms with Crippen LogP contribution in [0.3, 0.4) is 0 Å². The highest BCUT2D eigenvalue weighted by Crippen LogP contribution is 2.37. The summed E-state index contributed by atoms with van der Waals surface area (Å²) in [5.41, 5.74) is 3.77. The van der Waals surface area contributed by atoms with Crippen molar-refractivity contribution in [1.82, 2.24) is 0 Å². The minimum atomic E-state index is 0.202. The second-order valence-electron chi connectivity index (χ2n) is 6.23. The fraction of sp³-hybridized carbons (Fsp3) is 0.429. The molecule has 0 amide bonds. The summed E-state index contributed by atoms with van der Waals surface area (Å²) in [7, 11) is 3.35. The molecule has 1 aliphatic heterocycles. The zero-order valence-corrected chi connectivity index (χ0v) is 16.0. The Hall–Kier alpha value is -2.40. The van der Waals surface area contributed by atoms with Crippen molar-refractivity contribution in [1.29, 1.82) is 0 Å². The van der Waals surface area contributed by atoms with Gasteiger partial charge < -0.3 is 24.3 Å². The second-order valence-corrected chi connectivity index (χ2v) is 6.23. The Labute approximate surface area is 155 Å². The number of ether oxygens (including phenoxy) is 4. The summed E-state index contributed by atoms with van der Waals surface area (Å²) in [6.45, 7) is 6.23. The third-order valence-electron chi connectivity index (χ3n) is 4.72. The molecule has 1 heterocycles. The van der Waals surface area contributed by atoms with Crippen LogP contribution in [0.4, 0.5) is 0 Å². The van der Waals surface area contributed by atoms with Crippen LogP contribution in [0, 0.1) is 0 Å². The van der Waals surface area contributed by atoms with Crippen molar-refractivity contribution in [3.8, 4) is 23.0 Å². The van der Waals surface area contributed by atoms with Crippen LogP contribution in [0.2, 0.25) is 0 Å². The lowest BCUT2D eigenvalue weighted by atomic mass is 9.89. The highest BCUT2D eigenvalue weighted by molar-refractivity contribution is 5.52. The molecule has 140 valence electrons. The quantitative estimate of drug-likeness (QED) is 0.827. The van der Waals surface area contributed by atoms with E-state index in [1.54, 1.807) is 14.2 Å². The summed E-state index contributed by atoms with van der Waals surface area (Å²) in [6, 6.07) is 10.6. The highest BCUT2D eigenvalue weighted by atomic mass is 16.5. The molecule has 0 radical (unpaired) electrons. The normalized spacial score (nSPS) is 15.9. The lowest BCUT2D eigenvalue weighted by Crippen LogP contribution is -2.87. The number of methoxy groups -OCH3 is 2. The first-order chi connectivity index (χ1) is 12.7. The number of benzene rings is 2. The molecule has 1 atom stereocenters. The van der Waals surface area contributed by atoms with Crippen LogP contribution >= 0.6 is 0 Å². The van der Waals surface area contributed by atoms with Gasteiger partial charge in [0.1, 0.15) is 6.04 Å². The van der Waals surface area contributed by atoms with Crippen LogP contribution in [-0.4, -0.2) is 34.0 Å². The second kappa shape index (κ2) is 8.32. The molecule has 2 aromatic carbocycles. The number of fused-ring (bicyclic) bond motifs is 1. The first kappa shape index (κ1) is 18.4. The average molecular weight is 358 g/mol. The maximum Gasteiger partial charge on any atom is 0.161 e. The van der Waals surface area contributed by atoms with E-state index in [1.165, 1.54) is 16.7 Å². The van der Waals surface area contributed by atoms with Gasteiger partial charge in [-0.05, 0) is 49.7 Å². The van der Waals surface area contributed by atoms with Gasteiger partial charge in [0.25, 0.3) is 0 Å². The molecule has 0 spiro atoms. The van der Waals surface area contributed by atoms with E-state index >= 15 is 0 Å². The van der Waals surface area contributed by atoms with Gasteiger partial charge in [-0.2, -0.15) is 0 Å². The molecule has 0 aliphatic carbocycles. The van der Waals surface area contributed by atoms with Crippen LogP contribution in [-0.2, 0) is 6.42 Å². The first-order valence-corrected chi connectivity index (χ1v) is 9.19. The fourth-order valence-corrected chi connectivity index (χ4v) is 3.55. The van der Waals surface area contributed by atoms with Crippen molar-refractivity contribution < 1.29 is 24.3 Å². The molecule has 0 saturated heterocycles. The van der Waals surface area contributed by atoms with Gasteiger partial charge in [-0.25, -0.2) is 0 Å². The topological polar surface area (TPSA) is 53.5 Å². The summed E-state index contributed by atoms with van der Waals surface area (Å²) < 4.78 is 22.5. The van der Waals surface area contributed by atoms with Gasteiger partial charge in [-0.15, -0.1) is 0 Å². The van der Waals surface area contributed by atoms with Crippen LogP contribution in [0.15, 0.2) is 30.3 Å². The van der Waals surface area contributed by atoms with E-state index < -0.39 is 0 Å². The standard InChI is InChI=1S/C21H27NO4/c1-5-25-17-8-7-15(12-20(17)26-6-2)21-16-13-19(24-4)18(23-3)11-14(16)9-10-22-21/h7-8,11-13,21-22H,5-6,9-10H2,1-4H3/p+1/t21-/m1/s1. The van der Waals surface area contributed by atoms with E-state index in [4.69, 9.17) is 18.9 Å². The monoisotopic (exact) mass is 358 g/mol. The Balaban J connectivity index is 2.02. The number of hydrogen-bond donors (Lipinski definition) is 1. The van der Waals surface area contributed by atoms with Gasteiger partial charge >= 0.3 is 0 Å². The number of rotatable bonds is 7. The van der Waals surface area contributed by atoms with Crippen molar-refractivity contribution >= 4 is 0 Å². The molecule has 0 saturated carbocycles. The minimum Gasteiger partial charge on any atom is -0.493 e. The van der Waals surface area contributed by atoms with Crippen LogP contribution in [0.1, 0.15) is 36.6 Å². The lowest BCUT2D eigenvalue weighted by molar-refractivity contribution is -0.690. The Bertz CT molecular complexity index is 760. The van der Waals surface area contributed by atoms with E-state index in [1.807, 2.05) is 19.9 Å². The van der Waals surface area contributed by atoms with Gasteiger partial charge in [0.2, 0.25) is 0 Å². The van der Waals surface area contributed by atoms with E-state index in [9.17, 15) is 0 Å². The molecule has 5 heteroatoms. The Morgan fingerprint density at radius 2 is 1.58 bits per heavy atom. The van der Waals surface area contributed by atoms with Crippen molar-refractivity contribution in [2.75, 3.05) is 34.0 Å². The maximum atomic E-state index is 5.81. The molecule has 2 aromatic rings. The zero-order chi connectivity index (χ0) is 18.5. The van der Waals surface area contributed by atoms with E-state index in [0.29, 0.717) is 13.2 Å². The number of hydrogen-bond acceptors (Lipinski definition) is 4. The lowest BCUT2D eigenvalue weighted by Gasteiger charge is -2.26. The molecule has 0 unspecified atom stereocenters. The van der Waals surface area contributed by atoms with Crippen molar-refractivity contribution in [2.24, 2.45) is 0 Å². The van der Waals surface area contributed by atoms with Gasteiger partial charge in [0.15, 0.2) is 23.0 Å². The first-order valence-electron chi connectivity index (χ1n) is 9.19. The molecule has 0 bridgehead atoms. The van der Waals surface area contributed by atoms with E-state index in [-0.39, 0.29) is 6.04 Å².